The molecule has 0 aromatic carbocycles. The van der Waals surface area contributed by atoms with E-state index in [0.29, 0.717) is 10.7 Å². The first-order valence-corrected chi connectivity index (χ1v) is 5.19. The van der Waals surface area contributed by atoms with E-state index in [4.69, 9.17) is 5.73 Å². The fourth-order valence-electron chi connectivity index (χ4n) is 1.02. The number of halogens is 1. The molecule has 0 bridgehead atoms. The van der Waals surface area contributed by atoms with Crippen LogP contribution in [-0.4, -0.2) is 15.2 Å². The van der Waals surface area contributed by atoms with Crippen molar-refractivity contribution < 1.29 is 4.39 Å². The Morgan fingerprint density at radius 1 is 1.40 bits per heavy atom. The molecule has 2 aromatic heterocycles. The van der Waals surface area contributed by atoms with E-state index in [-0.39, 0.29) is 11.9 Å². The Kier molecular flexibility index (Phi) is 2.70. The van der Waals surface area contributed by atoms with Crippen molar-refractivity contribution in [3.8, 4) is 10.7 Å². The van der Waals surface area contributed by atoms with Crippen molar-refractivity contribution in [2.45, 2.75) is 13.0 Å². The van der Waals surface area contributed by atoms with E-state index in [2.05, 4.69) is 15.2 Å². The third-order valence-corrected chi connectivity index (χ3v) is 2.92. The normalized spacial score (nSPS) is 12.7. The van der Waals surface area contributed by atoms with E-state index in [1.807, 2.05) is 6.92 Å². The van der Waals surface area contributed by atoms with Crippen LogP contribution in [0.1, 0.15) is 18.0 Å². The van der Waals surface area contributed by atoms with E-state index in [1.54, 1.807) is 6.07 Å². The highest BCUT2D eigenvalue weighted by Crippen LogP contribution is 2.24. The average Bonchev–Trinajstić information content (AvgIpc) is 2.68. The zero-order valence-electron chi connectivity index (χ0n) is 8.01. The first kappa shape index (κ1) is 10.1. The summed E-state index contributed by atoms with van der Waals surface area (Å²) in [5.41, 5.74) is 6.27. The van der Waals surface area contributed by atoms with Crippen molar-refractivity contribution in [1.82, 2.24) is 15.2 Å². The Balaban J connectivity index is 2.33. The average molecular weight is 224 g/mol. The molecule has 4 nitrogen and oxygen atoms in total. The summed E-state index contributed by atoms with van der Waals surface area (Å²) >= 11 is 1.37. The summed E-state index contributed by atoms with van der Waals surface area (Å²) in [6.45, 7) is 1.84. The minimum absolute atomic E-state index is 0.142. The van der Waals surface area contributed by atoms with Crippen molar-refractivity contribution in [3.05, 3.63) is 29.2 Å². The first-order valence-electron chi connectivity index (χ1n) is 4.37. The van der Waals surface area contributed by atoms with Gasteiger partial charge in [0.1, 0.15) is 16.5 Å². The summed E-state index contributed by atoms with van der Waals surface area (Å²) in [6, 6.07) is 2.77. The first-order chi connectivity index (χ1) is 7.16. The van der Waals surface area contributed by atoms with Gasteiger partial charge in [0.25, 0.3) is 0 Å². The van der Waals surface area contributed by atoms with Gasteiger partial charge in [-0.05, 0) is 19.1 Å². The number of hydrogen-bond acceptors (Lipinski definition) is 5. The van der Waals surface area contributed by atoms with Crippen molar-refractivity contribution in [3.63, 3.8) is 0 Å². The molecule has 0 saturated carbocycles. The van der Waals surface area contributed by atoms with Gasteiger partial charge in [-0.2, -0.15) is 0 Å². The van der Waals surface area contributed by atoms with Gasteiger partial charge in [-0.15, -0.1) is 10.2 Å². The predicted molar refractivity (Wildman–Crippen MR) is 55.7 cm³/mol. The summed E-state index contributed by atoms with van der Waals surface area (Å²) in [5.74, 6) is -0.365. The van der Waals surface area contributed by atoms with Crippen molar-refractivity contribution in [2.75, 3.05) is 0 Å². The Labute approximate surface area is 90.0 Å². The molecule has 0 aliphatic heterocycles. The minimum atomic E-state index is -0.365. The lowest BCUT2D eigenvalue weighted by molar-refractivity contribution is 0.622. The Morgan fingerprint density at radius 3 is 2.73 bits per heavy atom. The lowest BCUT2D eigenvalue weighted by Gasteiger charge is -1.95. The molecule has 2 rings (SSSR count). The second kappa shape index (κ2) is 4.00. The third-order valence-electron chi connectivity index (χ3n) is 1.78. The Bertz CT molecular complexity index is 451. The van der Waals surface area contributed by atoms with Gasteiger partial charge < -0.3 is 5.73 Å². The molecule has 15 heavy (non-hydrogen) atoms. The highest BCUT2D eigenvalue weighted by Gasteiger charge is 2.10. The molecule has 0 aliphatic carbocycles. The van der Waals surface area contributed by atoms with Gasteiger partial charge in [0.2, 0.25) is 0 Å². The molecule has 2 aromatic rings. The second-order valence-electron chi connectivity index (χ2n) is 3.10. The lowest BCUT2D eigenvalue weighted by Crippen LogP contribution is -2.03. The Hall–Kier alpha value is -1.40. The zero-order valence-corrected chi connectivity index (χ0v) is 8.83. The summed E-state index contributed by atoms with van der Waals surface area (Å²) in [4.78, 5) is 3.91. The molecule has 0 spiro atoms. The number of hydrogen-bond donors (Lipinski definition) is 1. The van der Waals surface area contributed by atoms with Crippen LogP contribution in [0, 0.1) is 5.82 Å². The van der Waals surface area contributed by atoms with E-state index in [1.165, 1.54) is 17.4 Å². The monoisotopic (exact) mass is 224 g/mol. The van der Waals surface area contributed by atoms with Gasteiger partial charge in [-0.25, -0.2) is 4.39 Å². The van der Waals surface area contributed by atoms with Crippen LogP contribution in [0.2, 0.25) is 0 Å². The molecular weight excluding hydrogens is 215 g/mol. The zero-order chi connectivity index (χ0) is 10.8. The number of rotatable bonds is 2. The van der Waals surface area contributed by atoms with Crippen LogP contribution in [0.25, 0.3) is 10.7 Å². The smallest absolute Gasteiger partial charge is 0.166 e. The maximum atomic E-state index is 12.6. The van der Waals surface area contributed by atoms with Gasteiger partial charge in [-0.3, -0.25) is 4.98 Å². The number of nitrogens with two attached hydrogens (primary N) is 1. The molecule has 1 atom stereocenters. The van der Waals surface area contributed by atoms with Crippen LogP contribution in [0.15, 0.2) is 18.3 Å². The van der Waals surface area contributed by atoms with Crippen LogP contribution >= 0.6 is 11.3 Å². The van der Waals surface area contributed by atoms with E-state index in [0.717, 1.165) is 11.2 Å². The summed E-state index contributed by atoms with van der Waals surface area (Å²) in [7, 11) is 0. The Morgan fingerprint density at radius 2 is 2.20 bits per heavy atom. The quantitative estimate of drug-likeness (QED) is 0.844. The largest absolute Gasteiger partial charge is 0.322 e. The molecule has 6 heteroatoms. The molecule has 2 heterocycles. The summed E-state index contributed by atoms with van der Waals surface area (Å²) < 4.78 is 12.6. The highest BCUT2D eigenvalue weighted by atomic mass is 32.1. The van der Waals surface area contributed by atoms with Gasteiger partial charge in [0, 0.05) is 0 Å². The molecule has 0 amide bonds. The number of nitrogens with zero attached hydrogens (tertiary/aromatic N) is 3. The predicted octanol–water partition coefficient (Wildman–Crippen LogP) is 1.76. The molecule has 2 N–H and O–H groups in total. The van der Waals surface area contributed by atoms with Crippen LogP contribution < -0.4 is 5.73 Å². The summed E-state index contributed by atoms with van der Waals surface area (Å²) in [5, 5.41) is 9.27. The molecule has 1 unspecified atom stereocenters. The summed E-state index contributed by atoms with van der Waals surface area (Å²) in [6.07, 6.45) is 1.16. The van der Waals surface area contributed by atoms with Gasteiger partial charge in [0.05, 0.1) is 12.2 Å². The topological polar surface area (TPSA) is 64.7 Å². The molecular formula is C9H9FN4S. The van der Waals surface area contributed by atoms with Gasteiger partial charge in [0.15, 0.2) is 5.01 Å². The standard InChI is InChI=1S/C9H9FN4S/c1-5(11)8-13-14-9(15-8)7-3-2-6(10)4-12-7/h2-5H,11H2,1H3. The fraction of sp³-hybridized carbons (Fsp3) is 0.222. The van der Waals surface area contributed by atoms with Crippen LogP contribution in [-0.2, 0) is 0 Å². The van der Waals surface area contributed by atoms with E-state index >= 15 is 0 Å². The van der Waals surface area contributed by atoms with Crippen molar-refractivity contribution in [1.29, 1.82) is 0 Å². The maximum absolute atomic E-state index is 12.6. The molecule has 0 fully saturated rings. The fourth-order valence-corrected chi connectivity index (χ4v) is 1.80. The van der Waals surface area contributed by atoms with E-state index in [9.17, 15) is 4.39 Å². The molecule has 0 aliphatic rings. The van der Waals surface area contributed by atoms with Gasteiger partial charge in [-0.1, -0.05) is 11.3 Å². The lowest BCUT2D eigenvalue weighted by atomic mass is 10.4. The van der Waals surface area contributed by atoms with Gasteiger partial charge >= 0.3 is 0 Å². The molecule has 0 radical (unpaired) electrons. The number of aromatic nitrogens is 3. The number of pyridine rings is 1. The van der Waals surface area contributed by atoms with Crippen LogP contribution in [0.3, 0.4) is 0 Å². The molecule has 0 saturated heterocycles. The van der Waals surface area contributed by atoms with Crippen LogP contribution in [0.5, 0.6) is 0 Å². The van der Waals surface area contributed by atoms with Crippen molar-refractivity contribution in [2.24, 2.45) is 5.73 Å². The van der Waals surface area contributed by atoms with E-state index < -0.39 is 0 Å². The highest BCUT2D eigenvalue weighted by molar-refractivity contribution is 7.14. The molecule has 78 valence electrons. The third kappa shape index (κ3) is 2.16. The van der Waals surface area contributed by atoms with Crippen LogP contribution in [0.4, 0.5) is 4.39 Å². The SMILES string of the molecule is CC(N)c1nnc(-c2ccc(F)cn2)s1. The second-order valence-corrected chi connectivity index (χ2v) is 4.10. The maximum Gasteiger partial charge on any atom is 0.166 e. The van der Waals surface area contributed by atoms with Crippen molar-refractivity contribution >= 4 is 11.3 Å². The minimum Gasteiger partial charge on any atom is -0.322 e.